The highest BCUT2D eigenvalue weighted by Gasteiger charge is 2.00. The number of benzene rings is 2. The van der Waals surface area contributed by atoms with Gasteiger partial charge in [-0.15, -0.1) is 0 Å². The van der Waals surface area contributed by atoms with Crippen LogP contribution in [0.5, 0.6) is 0 Å². The van der Waals surface area contributed by atoms with Crippen LogP contribution < -0.4 is 11.1 Å². The molecule has 0 saturated carbocycles. The number of hydrogen-bond acceptors (Lipinski definition) is 2. The summed E-state index contributed by atoms with van der Waals surface area (Å²) in [6.45, 7) is 1.25. The molecule has 0 aliphatic carbocycles. The zero-order valence-corrected chi connectivity index (χ0v) is 14.0. The number of nitrogens with two attached hydrogens (primary N) is 1. The zero-order chi connectivity index (χ0) is 17.2. The van der Waals surface area contributed by atoms with Crippen LogP contribution in [0.15, 0.2) is 48.5 Å². The monoisotopic (exact) mass is 326 g/mol. The second-order valence-corrected chi connectivity index (χ2v) is 5.98. The summed E-state index contributed by atoms with van der Waals surface area (Å²) in [5.41, 5.74) is 10.6. The summed E-state index contributed by atoms with van der Waals surface area (Å²) in [6, 6.07) is 17.3. The summed E-state index contributed by atoms with van der Waals surface area (Å²) < 4.78 is 0. The van der Waals surface area contributed by atoms with E-state index in [2.05, 4.69) is 53.8 Å². The van der Waals surface area contributed by atoms with Gasteiger partial charge in [-0.2, -0.15) is 0 Å². The lowest BCUT2D eigenvalue weighted by molar-refractivity contribution is 0.194. The highest BCUT2D eigenvalue weighted by molar-refractivity contribution is 5.64. The molecule has 0 bridgehead atoms. The van der Waals surface area contributed by atoms with Crippen LogP contribution in [0.2, 0.25) is 0 Å². The van der Waals surface area contributed by atoms with Crippen molar-refractivity contribution in [2.24, 2.45) is 5.73 Å². The van der Waals surface area contributed by atoms with Crippen LogP contribution in [-0.2, 0) is 12.8 Å². The first-order valence-electron chi connectivity index (χ1n) is 8.54. The minimum Gasteiger partial charge on any atom is -0.465 e. The summed E-state index contributed by atoms with van der Waals surface area (Å²) in [4.78, 5) is 10.4. The minimum absolute atomic E-state index is 0.518. The summed E-state index contributed by atoms with van der Waals surface area (Å²) in [5.74, 6) is 0. The van der Waals surface area contributed by atoms with Gasteiger partial charge in [0.1, 0.15) is 0 Å². The molecule has 2 rings (SSSR count). The van der Waals surface area contributed by atoms with Gasteiger partial charge in [-0.05, 0) is 60.9 Å². The van der Waals surface area contributed by atoms with Crippen molar-refractivity contribution < 1.29 is 9.90 Å². The predicted molar refractivity (Wildman–Crippen MR) is 98.2 cm³/mol. The number of amides is 1. The number of aryl methyl sites for hydroxylation is 2. The van der Waals surface area contributed by atoms with E-state index in [9.17, 15) is 4.79 Å². The van der Waals surface area contributed by atoms with Crippen molar-refractivity contribution in [1.82, 2.24) is 5.32 Å². The van der Waals surface area contributed by atoms with Gasteiger partial charge in [0, 0.05) is 6.54 Å². The van der Waals surface area contributed by atoms with Crippen molar-refractivity contribution in [1.29, 1.82) is 0 Å². The van der Waals surface area contributed by atoms with Crippen molar-refractivity contribution in [3.05, 3.63) is 59.7 Å². The number of carbonyl (C=O) groups is 1. The standard InChI is InChI=1S/C20H26N2O2/c21-14-3-5-17-8-12-19(13-9-17)18-10-6-16(7-11-18)4-1-2-15-22-20(23)24/h6-13,22H,1-5,14-15,21H2,(H,23,24). The third-order valence-electron chi connectivity index (χ3n) is 4.08. The van der Waals surface area contributed by atoms with E-state index in [-0.39, 0.29) is 0 Å². The Morgan fingerprint density at radius 2 is 1.33 bits per heavy atom. The predicted octanol–water partition coefficient (Wildman–Crippen LogP) is 3.84. The molecule has 1 amide bonds. The Morgan fingerprint density at radius 1 is 0.833 bits per heavy atom. The van der Waals surface area contributed by atoms with Gasteiger partial charge in [-0.25, -0.2) is 4.79 Å². The van der Waals surface area contributed by atoms with Crippen molar-refractivity contribution >= 4 is 6.09 Å². The van der Waals surface area contributed by atoms with Crippen LogP contribution >= 0.6 is 0 Å². The first kappa shape index (κ1) is 18.0. The first-order chi connectivity index (χ1) is 11.7. The van der Waals surface area contributed by atoms with Crippen LogP contribution in [0.25, 0.3) is 11.1 Å². The molecule has 0 heterocycles. The smallest absolute Gasteiger partial charge is 0.404 e. The SMILES string of the molecule is NCCCc1ccc(-c2ccc(CCCCNC(=O)O)cc2)cc1. The topological polar surface area (TPSA) is 75.3 Å². The van der Waals surface area contributed by atoms with E-state index in [4.69, 9.17) is 10.8 Å². The first-order valence-corrected chi connectivity index (χ1v) is 8.54. The molecule has 0 aromatic heterocycles. The average molecular weight is 326 g/mol. The van der Waals surface area contributed by atoms with Crippen LogP contribution in [0, 0.1) is 0 Å². The second-order valence-electron chi connectivity index (χ2n) is 5.98. The van der Waals surface area contributed by atoms with Crippen LogP contribution in [0.3, 0.4) is 0 Å². The summed E-state index contributed by atoms with van der Waals surface area (Å²) in [7, 11) is 0. The second kappa shape index (κ2) is 9.73. The number of hydrogen-bond donors (Lipinski definition) is 3. The molecule has 4 N–H and O–H groups in total. The average Bonchev–Trinajstić information content (AvgIpc) is 2.60. The molecular weight excluding hydrogens is 300 g/mol. The van der Waals surface area contributed by atoms with E-state index in [0.29, 0.717) is 6.54 Å². The summed E-state index contributed by atoms with van der Waals surface area (Å²) >= 11 is 0. The summed E-state index contributed by atoms with van der Waals surface area (Å²) in [5, 5.41) is 10.9. The Labute approximate surface area is 143 Å². The lowest BCUT2D eigenvalue weighted by atomic mass is 10.00. The fraction of sp³-hybridized carbons (Fsp3) is 0.350. The van der Waals surface area contributed by atoms with Crippen LogP contribution in [-0.4, -0.2) is 24.3 Å². The van der Waals surface area contributed by atoms with E-state index >= 15 is 0 Å². The van der Waals surface area contributed by atoms with E-state index in [1.807, 2.05) is 0 Å². The van der Waals surface area contributed by atoms with E-state index in [1.165, 1.54) is 22.3 Å². The molecule has 2 aromatic rings. The molecule has 0 aliphatic rings. The third-order valence-corrected chi connectivity index (χ3v) is 4.08. The number of rotatable bonds is 9. The normalized spacial score (nSPS) is 10.5. The molecule has 24 heavy (non-hydrogen) atoms. The number of nitrogens with one attached hydrogen (secondary N) is 1. The third kappa shape index (κ3) is 6.05. The molecule has 0 fully saturated rings. The molecular formula is C20H26N2O2. The summed E-state index contributed by atoms with van der Waals surface area (Å²) in [6.07, 6.45) is 3.92. The Kier molecular flexibility index (Phi) is 7.30. The molecule has 0 saturated heterocycles. The molecule has 4 nitrogen and oxygen atoms in total. The lowest BCUT2D eigenvalue weighted by Gasteiger charge is -2.06. The minimum atomic E-state index is -0.951. The molecule has 0 spiro atoms. The van der Waals surface area contributed by atoms with E-state index in [0.717, 1.165) is 38.6 Å². The van der Waals surface area contributed by atoms with Gasteiger partial charge < -0.3 is 16.2 Å². The highest BCUT2D eigenvalue weighted by Crippen LogP contribution is 2.21. The molecule has 128 valence electrons. The maximum absolute atomic E-state index is 10.4. The number of carboxylic acid groups (broad SMARTS) is 1. The highest BCUT2D eigenvalue weighted by atomic mass is 16.4. The van der Waals surface area contributed by atoms with Crippen molar-refractivity contribution in [3.8, 4) is 11.1 Å². The van der Waals surface area contributed by atoms with Gasteiger partial charge >= 0.3 is 6.09 Å². The van der Waals surface area contributed by atoms with E-state index < -0.39 is 6.09 Å². The molecule has 0 radical (unpaired) electrons. The fourth-order valence-electron chi connectivity index (χ4n) is 2.68. The van der Waals surface area contributed by atoms with Crippen LogP contribution in [0.1, 0.15) is 30.4 Å². The van der Waals surface area contributed by atoms with E-state index in [1.54, 1.807) is 0 Å². The fourth-order valence-corrected chi connectivity index (χ4v) is 2.68. The Bertz CT molecular complexity index is 621. The zero-order valence-electron chi connectivity index (χ0n) is 14.0. The van der Waals surface area contributed by atoms with Gasteiger partial charge in [-0.1, -0.05) is 48.5 Å². The molecule has 0 atom stereocenters. The quantitative estimate of drug-likeness (QED) is 0.613. The van der Waals surface area contributed by atoms with Gasteiger partial charge in [0.15, 0.2) is 0 Å². The Morgan fingerprint density at radius 3 is 1.79 bits per heavy atom. The van der Waals surface area contributed by atoms with Crippen molar-refractivity contribution in [3.63, 3.8) is 0 Å². The lowest BCUT2D eigenvalue weighted by Crippen LogP contribution is -2.21. The van der Waals surface area contributed by atoms with Gasteiger partial charge in [-0.3, -0.25) is 0 Å². The van der Waals surface area contributed by atoms with Gasteiger partial charge in [0.2, 0.25) is 0 Å². The molecule has 0 aliphatic heterocycles. The molecule has 4 heteroatoms. The van der Waals surface area contributed by atoms with Crippen molar-refractivity contribution in [2.75, 3.05) is 13.1 Å². The van der Waals surface area contributed by atoms with Crippen LogP contribution in [0.4, 0.5) is 4.79 Å². The van der Waals surface area contributed by atoms with Gasteiger partial charge in [0.05, 0.1) is 0 Å². The molecule has 0 unspecified atom stereocenters. The maximum Gasteiger partial charge on any atom is 0.404 e. The molecule has 2 aromatic carbocycles. The Hall–Kier alpha value is -2.33. The Balaban J connectivity index is 1.83. The van der Waals surface area contributed by atoms with Gasteiger partial charge in [0.25, 0.3) is 0 Å². The van der Waals surface area contributed by atoms with Crippen molar-refractivity contribution in [2.45, 2.75) is 32.1 Å². The number of unbranched alkanes of at least 4 members (excludes halogenated alkanes) is 1. The maximum atomic E-state index is 10.4. The largest absolute Gasteiger partial charge is 0.465 e.